The molecule has 1 amide bonds. The van der Waals surface area contributed by atoms with Crippen molar-refractivity contribution in [2.24, 2.45) is 0 Å². The Balaban J connectivity index is 1.72. The van der Waals surface area contributed by atoms with Crippen molar-refractivity contribution >= 4 is 17.7 Å². The van der Waals surface area contributed by atoms with Crippen LogP contribution in [0.25, 0.3) is 0 Å². The molecular weight excluding hydrogens is 516 g/mol. The average molecular weight is 551 g/mol. The Morgan fingerprint density at radius 3 is 1.90 bits per heavy atom. The molecule has 206 valence electrons. The summed E-state index contributed by atoms with van der Waals surface area (Å²) in [5.74, 6) is 1.35. The van der Waals surface area contributed by atoms with E-state index >= 15 is 0 Å². The largest absolute Gasteiger partial charge is 0.497 e. The van der Waals surface area contributed by atoms with E-state index < -0.39 is 28.4 Å². The van der Waals surface area contributed by atoms with E-state index in [-0.39, 0.29) is 11.9 Å². The van der Waals surface area contributed by atoms with Crippen molar-refractivity contribution in [3.8, 4) is 11.5 Å². The van der Waals surface area contributed by atoms with Crippen molar-refractivity contribution < 1.29 is 24.3 Å². The predicted octanol–water partition coefficient (Wildman–Crippen LogP) is 4.65. The molecule has 1 aliphatic heterocycles. The SMILES string of the molecule is CCC1(Sc2ccccc2)C(=O)N(C(Cc2ccc(OC)cc2)Cc2ccc(OC)cc2)C1C(O)C[N+](=O)[O-]. The van der Waals surface area contributed by atoms with Crippen LogP contribution in [0, 0.1) is 10.1 Å². The molecule has 0 spiro atoms. The summed E-state index contributed by atoms with van der Waals surface area (Å²) in [5.41, 5.74) is 1.99. The zero-order chi connectivity index (χ0) is 28.0. The molecule has 0 radical (unpaired) electrons. The monoisotopic (exact) mass is 550 g/mol. The Morgan fingerprint density at radius 2 is 1.46 bits per heavy atom. The number of ether oxygens (including phenoxy) is 2. The molecule has 39 heavy (non-hydrogen) atoms. The van der Waals surface area contributed by atoms with E-state index in [2.05, 4.69) is 0 Å². The molecule has 9 heteroatoms. The van der Waals surface area contributed by atoms with Gasteiger partial charge in [-0.25, -0.2) is 0 Å². The summed E-state index contributed by atoms with van der Waals surface area (Å²) in [7, 11) is 3.21. The lowest BCUT2D eigenvalue weighted by atomic mass is 9.77. The van der Waals surface area contributed by atoms with E-state index in [1.807, 2.05) is 85.8 Å². The average Bonchev–Trinajstić information content (AvgIpc) is 2.95. The summed E-state index contributed by atoms with van der Waals surface area (Å²) in [6.45, 7) is 1.27. The molecule has 1 saturated heterocycles. The lowest BCUT2D eigenvalue weighted by Crippen LogP contribution is -2.78. The first-order chi connectivity index (χ1) is 18.8. The van der Waals surface area contributed by atoms with Gasteiger partial charge in [0.15, 0.2) is 0 Å². The van der Waals surface area contributed by atoms with Gasteiger partial charge in [-0.2, -0.15) is 0 Å². The van der Waals surface area contributed by atoms with Gasteiger partial charge in [-0.3, -0.25) is 14.9 Å². The number of likely N-dealkylation sites (tertiary alicyclic amines) is 1. The Morgan fingerprint density at radius 1 is 0.949 bits per heavy atom. The Labute approximate surface area is 233 Å². The highest BCUT2D eigenvalue weighted by molar-refractivity contribution is 8.01. The van der Waals surface area contributed by atoms with Crippen LogP contribution in [0.15, 0.2) is 83.8 Å². The summed E-state index contributed by atoms with van der Waals surface area (Å²) in [6, 6.07) is 23.8. The number of hydrogen-bond donors (Lipinski definition) is 1. The van der Waals surface area contributed by atoms with Crippen LogP contribution < -0.4 is 9.47 Å². The summed E-state index contributed by atoms with van der Waals surface area (Å²) in [5, 5.41) is 22.7. The first kappa shape index (κ1) is 28.4. The summed E-state index contributed by atoms with van der Waals surface area (Å²) in [4.78, 5) is 27.7. The lowest BCUT2D eigenvalue weighted by Gasteiger charge is -2.59. The number of rotatable bonds is 13. The number of nitrogens with zero attached hydrogens (tertiary/aromatic N) is 2. The number of aliphatic hydroxyl groups is 1. The van der Waals surface area contributed by atoms with Gasteiger partial charge in [0, 0.05) is 15.9 Å². The van der Waals surface area contributed by atoms with E-state index in [1.165, 1.54) is 11.8 Å². The highest BCUT2D eigenvalue weighted by Gasteiger charge is 2.64. The Bertz CT molecular complexity index is 1210. The van der Waals surface area contributed by atoms with Gasteiger partial charge in [0.1, 0.15) is 22.4 Å². The van der Waals surface area contributed by atoms with Crippen LogP contribution >= 0.6 is 11.8 Å². The van der Waals surface area contributed by atoms with Gasteiger partial charge in [-0.15, -0.1) is 11.8 Å². The maximum Gasteiger partial charge on any atom is 0.242 e. The van der Waals surface area contributed by atoms with E-state index in [1.54, 1.807) is 19.1 Å². The fourth-order valence-electron chi connectivity index (χ4n) is 5.34. The van der Waals surface area contributed by atoms with Crippen LogP contribution in [0.3, 0.4) is 0 Å². The maximum absolute atomic E-state index is 14.1. The topological polar surface area (TPSA) is 102 Å². The van der Waals surface area contributed by atoms with Crippen LogP contribution in [-0.4, -0.2) is 64.5 Å². The van der Waals surface area contributed by atoms with Crippen LogP contribution in [-0.2, 0) is 17.6 Å². The number of aliphatic hydroxyl groups excluding tert-OH is 1. The number of nitro groups is 1. The van der Waals surface area contributed by atoms with Gasteiger partial charge >= 0.3 is 0 Å². The molecule has 4 rings (SSSR count). The van der Waals surface area contributed by atoms with Crippen molar-refractivity contribution in [1.82, 2.24) is 4.90 Å². The molecule has 3 atom stereocenters. The van der Waals surface area contributed by atoms with Gasteiger partial charge < -0.3 is 19.5 Å². The van der Waals surface area contributed by atoms with Crippen molar-refractivity contribution in [1.29, 1.82) is 0 Å². The standard InChI is InChI=1S/C30H34N2O6S/c1-4-30(39-26-8-6-5-7-9-26)28(27(33)20-31(35)36)32(29(30)34)23(18-21-10-14-24(37-2)15-11-21)19-22-12-16-25(38-3)17-13-22/h5-17,23,27-28,33H,4,18-20H2,1-3H3. The third-order valence-electron chi connectivity index (χ3n) is 7.30. The smallest absolute Gasteiger partial charge is 0.242 e. The Hall–Kier alpha value is -3.56. The molecule has 3 aromatic carbocycles. The quantitative estimate of drug-likeness (QED) is 0.188. The third-order valence-corrected chi connectivity index (χ3v) is 8.87. The van der Waals surface area contributed by atoms with Crippen LogP contribution in [0.5, 0.6) is 11.5 Å². The van der Waals surface area contributed by atoms with E-state index in [0.29, 0.717) is 19.3 Å². The molecule has 0 bridgehead atoms. The van der Waals surface area contributed by atoms with E-state index in [0.717, 1.165) is 27.5 Å². The number of methoxy groups -OCH3 is 2. The highest BCUT2D eigenvalue weighted by Crippen LogP contribution is 2.51. The molecule has 3 unspecified atom stereocenters. The van der Waals surface area contributed by atoms with Crippen LogP contribution in [0.4, 0.5) is 0 Å². The van der Waals surface area contributed by atoms with E-state index in [4.69, 9.17) is 9.47 Å². The normalized spacial score (nSPS) is 19.5. The number of thioether (sulfide) groups is 1. The minimum absolute atomic E-state index is 0.113. The number of hydrogen-bond acceptors (Lipinski definition) is 7. The van der Waals surface area contributed by atoms with Gasteiger partial charge in [0.2, 0.25) is 12.5 Å². The predicted molar refractivity (Wildman–Crippen MR) is 151 cm³/mol. The molecule has 1 fully saturated rings. The molecule has 1 N–H and O–H groups in total. The second-order valence-corrected chi connectivity index (χ2v) is 11.1. The summed E-state index contributed by atoms with van der Waals surface area (Å²) < 4.78 is 9.59. The number of carbonyl (C=O) groups excluding carboxylic acids is 1. The van der Waals surface area contributed by atoms with Crippen LogP contribution in [0.2, 0.25) is 0 Å². The summed E-state index contributed by atoms with van der Waals surface area (Å²) in [6.07, 6.45) is 0.139. The van der Waals surface area contributed by atoms with Gasteiger partial charge in [-0.1, -0.05) is 49.4 Å². The van der Waals surface area contributed by atoms with Gasteiger partial charge in [-0.05, 0) is 66.8 Å². The van der Waals surface area contributed by atoms with Crippen LogP contribution in [0.1, 0.15) is 24.5 Å². The minimum Gasteiger partial charge on any atom is -0.497 e. The fraction of sp³-hybridized carbons (Fsp3) is 0.367. The van der Waals surface area contributed by atoms with E-state index in [9.17, 15) is 20.0 Å². The number of β-lactam (4-membered cyclic amide) rings is 1. The first-order valence-corrected chi connectivity index (χ1v) is 13.8. The Kier molecular flexibility index (Phi) is 9.14. The second-order valence-electron chi connectivity index (χ2n) is 9.66. The van der Waals surface area contributed by atoms with Crippen molar-refractivity contribution in [2.45, 2.75) is 54.0 Å². The number of carbonyl (C=O) groups is 1. The van der Waals surface area contributed by atoms with Gasteiger partial charge in [0.05, 0.1) is 20.3 Å². The van der Waals surface area contributed by atoms with Crippen molar-refractivity contribution in [3.63, 3.8) is 0 Å². The number of amides is 1. The zero-order valence-electron chi connectivity index (χ0n) is 22.4. The molecular formula is C30H34N2O6S. The maximum atomic E-state index is 14.1. The van der Waals surface area contributed by atoms with Gasteiger partial charge in [0.25, 0.3) is 0 Å². The summed E-state index contributed by atoms with van der Waals surface area (Å²) >= 11 is 1.39. The third kappa shape index (κ3) is 6.20. The first-order valence-electron chi connectivity index (χ1n) is 12.9. The molecule has 1 heterocycles. The van der Waals surface area contributed by atoms with Crippen molar-refractivity contribution in [3.05, 3.63) is 100 Å². The highest BCUT2D eigenvalue weighted by atomic mass is 32.2. The number of benzene rings is 3. The molecule has 0 aromatic heterocycles. The molecule has 8 nitrogen and oxygen atoms in total. The molecule has 0 aliphatic carbocycles. The molecule has 3 aromatic rings. The lowest BCUT2D eigenvalue weighted by molar-refractivity contribution is -0.492. The fourth-order valence-corrected chi connectivity index (χ4v) is 6.79. The minimum atomic E-state index is -1.32. The zero-order valence-corrected chi connectivity index (χ0v) is 23.2. The second kappa shape index (κ2) is 12.5. The van der Waals surface area contributed by atoms with Crippen molar-refractivity contribution in [2.75, 3.05) is 20.8 Å². The molecule has 0 saturated carbocycles. The molecule has 1 aliphatic rings.